The van der Waals surface area contributed by atoms with Crippen molar-refractivity contribution in [3.8, 4) is 11.4 Å². The fraction of sp³-hybridized carbons (Fsp3) is 0.357. The van der Waals surface area contributed by atoms with E-state index in [0.717, 1.165) is 5.56 Å². The number of hydrogen-bond donors (Lipinski definition) is 2. The Morgan fingerprint density at radius 2 is 2.10 bits per heavy atom. The lowest BCUT2D eigenvalue weighted by atomic mass is 10.2. The van der Waals surface area contributed by atoms with Gasteiger partial charge in [-0.3, -0.25) is 5.32 Å². The van der Waals surface area contributed by atoms with Gasteiger partial charge in [-0.2, -0.15) is 9.36 Å². The molecule has 1 saturated carbocycles. The van der Waals surface area contributed by atoms with Crippen LogP contribution in [0.1, 0.15) is 19.8 Å². The van der Waals surface area contributed by atoms with Crippen molar-refractivity contribution in [2.75, 3.05) is 5.32 Å². The van der Waals surface area contributed by atoms with Gasteiger partial charge in [0, 0.05) is 23.1 Å². The lowest BCUT2D eigenvalue weighted by Crippen LogP contribution is -2.37. The summed E-state index contributed by atoms with van der Waals surface area (Å²) in [7, 11) is 0. The van der Waals surface area contributed by atoms with Crippen molar-refractivity contribution < 1.29 is 4.79 Å². The molecule has 0 saturated heterocycles. The average Bonchev–Trinajstić information content (AvgIpc) is 3.21. The molecule has 6 heteroatoms. The van der Waals surface area contributed by atoms with Crippen LogP contribution in [0.2, 0.25) is 0 Å². The van der Waals surface area contributed by atoms with Crippen LogP contribution < -0.4 is 10.6 Å². The number of hydrogen-bond acceptors (Lipinski definition) is 4. The molecule has 1 heterocycles. The maximum absolute atomic E-state index is 11.8. The van der Waals surface area contributed by atoms with Crippen molar-refractivity contribution in [3.05, 3.63) is 30.3 Å². The first-order valence-corrected chi connectivity index (χ1v) is 7.46. The van der Waals surface area contributed by atoms with Crippen LogP contribution in [0, 0.1) is 5.92 Å². The van der Waals surface area contributed by atoms with Gasteiger partial charge in [-0.05, 0) is 25.7 Å². The van der Waals surface area contributed by atoms with E-state index in [4.69, 9.17) is 0 Å². The van der Waals surface area contributed by atoms with Crippen molar-refractivity contribution in [2.45, 2.75) is 25.8 Å². The van der Waals surface area contributed by atoms with Crippen LogP contribution in [-0.4, -0.2) is 21.4 Å². The molecule has 1 aromatic heterocycles. The van der Waals surface area contributed by atoms with Crippen molar-refractivity contribution in [1.82, 2.24) is 14.7 Å². The van der Waals surface area contributed by atoms with Crippen LogP contribution in [-0.2, 0) is 0 Å². The predicted molar refractivity (Wildman–Crippen MR) is 79.7 cm³/mol. The van der Waals surface area contributed by atoms with Crippen molar-refractivity contribution in [3.63, 3.8) is 0 Å². The fourth-order valence-corrected chi connectivity index (χ4v) is 2.62. The molecule has 0 aliphatic heterocycles. The Hall–Kier alpha value is -1.95. The van der Waals surface area contributed by atoms with E-state index in [1.165, 1.54) is 24.4 Å². The van der Waals surface area contributed by atoms with Gasteiger partial charge in [0.05, 0.1) is 0 Å². The van der Waals surface area contributed by atoms with Crippen LogP contribution in [0.4, 0.5) is 9.93 Å². The van der Waals surface area contributed by atoms with Crippen LogP contribution in [0.25, 0.3) is 11.4 Å². The highest BCUT2D eigenvalue weighted by atomic mass is 32.1. The Morgan fingerprint density at radius 3 is 2.80 bits per heavy atom. The molecule has 0 unspecified atom stereocenters. The minimum atomic E-state index is -0.208. The monoisotopic (exact) mass is 288 g/mol. The predicted octanol–water partition coefficient (Wildman–Crippen LogP) is 3.13. The van der Waals surface area contributed by atoms with Gasteiger partial charge < -0.3 is 5.32 Å². The SMILES string of the molecule is C[C@H](NC(=O)Nc1nc(-c2ccccc2)ns1)C1CC1. The molecule has 0 radical (unpaired) electrons. The zero-order chi connectivity index (χ0) is 13.9. The molecule has 1 aromatic carbocycles. The third-order valence-corrected chi connectivity index (χ3v) is 4.00. The van der Waals surface area contributed by atoms with Gasteiger partial charge in [0.2, 0.25) is 5.13 Å². The highest BCUT2D eigenvalue weighted by molar-refractivity contribution is 7.10. The van der Waals surface area contributed by atoms with Gasteiger partial charge >= 0.3 is 6.03 Å². The summed E-state index contributed by atoms with van der Waals surface area (Å²) in [6, 6.07) is 9.72. The summed E-state index contributed by atoms with van der Waals surface area (Å²) in [5.74, 6) is 1.27. The quantitative estimate of drug-likeness (QED) is 0.908. The normalized spacial score (nSPS) is 15.7. The molecule has 1 fully saturated rings. The van der Waals surface area contributed by atoms with Crippen molar-refractivity contribution >= 4 is 22.7 Å². The molecule has 20 heavy (non-hydrogen) atoms. The molecule has 0 bridgehead atoms. The highest BCUT2D eigenvalue weighted by Crippen LogP contribution is 2.32. The number of carbonyl (C=O) groups is 1. The Labute approximate surface area is 121 Å². The zero-order valence-electron chi connectivity index (χ0n) is 11.2. The number of anilines is 1. The number of urea groups is 1. The van der Waals surface area contributed by atoms with E-state index >= 15 is 0 Å². The molecule has 2 amide bonds. The minimum absolute atomic E-state index is 0.208. The second kappa shape index (κ2) is 5.58. The van der Waals surface area contributed by atoms with Crippen LogP contribution in [0.3, 0.4) is 0 Å². The van der Waals surface area contributed by atoms with Crippen LogP contribution in [0.15, 0.2) is 30.3 Å². The standard InChI is InChI=1S/C14H16N4OS/c1-9(10-7-8-10)15-13(19)17-14-16-12(18-20-14)11-5-3-2-4-6-11/h2-6,9-10H,7-8H2,1H3,(H2,15,16,17,18,19)/t9-/m0/s1. The second-order valence-electron chi connectivity index (χ2n) is 5.01. The Morgan fingerprint density at radius 1 is 1.35 bits per heavy atom. The van der Waals surface area contributed by atoms with E-state index < -0.39 is 0 Å². The fourth-order valence-electron chi connectivity index (χ4n) is 2.03. The van der Waals surface area contributed by atoms with Gasteiger partial charge in [0.1, 0.15) is 0 Å². The summed E-state index contributed by atoms with van der Waals surface area (Å²) in [6.45, 7) is 2.03. The van der Waals surface area contributed by atoms with Crippen molar-refractivity contribution in [2.24, 2.45) is 5.92 Å². The lowest BCUT2D eigenvalue weighted by Gasteiger charge is -2.12. The molecule has 0 spiro atoms. The summed E-state index contributed by atoms with van der Waals surface area (Å²) in [4.78, 5) is 16.1. The number of nitrogens with zero attached hydrogens (tertiary/aromatic N) is 2. The van der Waals surface area contributed by atoms with Crippen LogP contribution >= 0.6 is 11.5 Å². The minimum Gasteiger partial charge on any atom is -0.335 e. The third-order valence-electron chi connectivity index (χ3n) is 3.37. The van der Waals surface area contributed by atoms with Gasteiger partial charge in [-0.1, -0.05) is 30.3 Å². The smallest absolute Gasteiger partial charge is 0.321 e. The molecular formula is C14H16N4OS. The molecular weight excluding hydrogens is 272 g/mol. The van der Waals surface area contributed by atoms with E-state index in [0.29, 0.717) is 16.9 Å². The molecule has 1 atom stereocenters. The number of nitrogens with one attached hydrogen (secondary N) is 2. The van der Waals surface area contributed by atoms with Gasteiger partial charge in [-0.15, -0.1) is 0 Å². The highest BCUT2D eigenvalue weighted by Gasteiger charge is 2.29. The first-order valence-electron chi connectivity index (χ1n) is 6.69. The Balaban J connectivity index is 1.61. The number of benzene rings is 1. The maximum Gasteiger partial charge on any atom is 0.321 e. The van der Waals surface area contributed by atoms with Gasteiger partial charge in [-0.25, -0.2) is 4.79 Å². The molecule has 2 aromatic rings. The van der Waals surface area contributed by atoms with E-state index in [1.807, 2.05) is 37.3 Å². The molecule has 5 nitrogen and oxygen atoms in total. The summed E-state index contributed by atoms with van der Waals surface area (Å²) < 4.78 is 4.25. The third kappa shape index (κ3) is 3.14. The zero-order valence-corrected chi connectivity index (χ0v) is 12.0. The number of rotatable bonds is 4. The van der Waals surface area contributed by atoms with E-state index in [2.05, 4.69) is 20.0 Å². The number of aromatic nitrogens is 2. The topological polar surface area (TPSA) is 66.9 Å². The summed E-state index contributed by atoms with van der Waals surface area (Å²) in [5, 5.41) is 6.19. The number of carbonyl (C=O) groups excluding carboxylic acids is 1. The average molecular weight is 288 g/mol. The molecule has 2 N–H and O–H groups in total. The summed E-state index contributed by atoms with van der Waals surface area (Å²) in [5.41, 5.74) is 0.948. The van der Waals surface area contributed by atoms with Crippen LogP contribution in [0.5, 0.6) is 0 Å². The first-order chi connectivity index (χ1) is 9.72. The molecule has 1 aliphatic rings. The molecule has 104 valence electrons. The Bertz CT molecular complexity index is 594. The van der Waals surface area contributed by atoms with E-state index in [9.17, 15) is 4.79 Å². The lowest BCUT2D eigenvalue weighted by molar-refractivity contribution is 0.248. The van der Waals surface area contributed by atoms with E-state index in [1.54, 1.807) is 0 Å². The number of amides is 2. The second-order valence-corrected chi connectivity index (χ2v) is 5.77. The molecule has 3 rings (SSSR count). The van der Waals surface area contributed by atoms with Gasteiger partial charge in [0.25, 0.3) is 0 Å². The molecule has 1 aliphatic carbocycles. The largest absolute Gasteiger partial charge is 0.335 e. The Kier molecular flexibility index (Phi) is 3.64. The first kappa shape index (κ1) is 13.1. The van der Waals surface area contributed by atoms with Gasteiger partial charge in [0.15, 0.2) is 5.82 Å². The maximum atomic E-state index is 11.8. The summed E-state index contributed by atoms with van der Waals surface area (Å²) >= 11 is 1.19. The van der Waals surface area contributed by atoms with E-state index in [-0.39, 0.29) is 12.1 Å². The summed E-state index contributed by atoms with van der Waals surface area (Å²) in [6.07, 6.45) is 2.41. The van der Waals surface area contributed by atoms with Crippen molar-refractivity contribution in [1.29, 1.82) is 0 Å².